The summed E-state index contributed by atoms with van der Waals surface area (Å²) in [5, 5.41) is 0. The number of fused-ring (bicyclic) bond motifs is 4. The third kappa shape index (κ3) is 4.49. The fourth-order valence-electron chi connectivity index (χ4n) is 10.7. The summed E-state index contributed by atoms with van der Waals surface area (Å²) in [7, 11) is 36.1. The van der Waals surface area contributed by atoms with Crippen LogP contribution in [-0.2, 0) is 28.1 Å². The molecular formula is C40H42Cl4Si2Zr2. The van der Waals surface area contributed by atoms with E-state index in [4.69, 9.17) is 34.1 Å². The van der Waals surface area contributed by atoms with Crippen molar-refractivity contribution >= 4 is 71.6 Å². The van der Waals surface area contributed by atoms with E-state index in [-0.39, 0.29) is 14.5 Å². The zero-order chi connectivity index (χ0) is 33.5. The number of rotatable bonds is 9. The van der Waals surface area contributed by atoms with Gasteiger partial charge in [-0.2, -0.15) is 0 Å². The van der Waals surface area contributed by atoms with Crippen LogP contribution in [0.2, 0.25) is 21.4 Å². The number of allylic oxidation sites excluding steroid dienone is 4. The van der Waals surface area contributed by atoms with Crippen LogP contribution in [0, 0.1) is 0 Å². The Balaban J connectivity index is 1.40. The van der Waals surface area contributed by atoms with Crippen molar-refractivity contribution < 1.29 is 28.1 Å². The Bertz CT molecular complexity index is 1880. The van der Waals surface area contributed by atoms with Gasteiger partial charge in [0.25, 0.3) is 0 Å². The number of hydrogen-bond acceptors (Lipinski definition) is 0. The molecule has 8 rings (SSSR count). The monoisotopic (exact) mass is 898 g/mol. The first-order valence-electron chi connectivity index (χ1n) is 17.5. The molecule has 0 N–H and O–H groups in total. The van der Waals surface area contributed by atoms with Gasteiger partial charge in [-0.25, -0.2) is 0 Å². The van der Waals surface area contributed by atoms with Crippen LogP contribution < -0.4 is 0 Å². The summed E-state index contributed by atoms with van der Waals surface area (Å²) in [5.41, 5.74) is 10.1. The Morgan fingerprint density at radius 3 is 0.875 bits per heavy atom. The second-order valence-corrected chi connectivity index (χ2v) is 123. The van der Waals surface area contributed by atoms with E-state index in [1.807, 2.05) is 0 Å². The minimum absolute atomic E-state index is 0.0252. The first-order chi connectivity index (χ1) is 22.8. The van der Waals surface area contributed by atoms with Gasteiger partial charge in [0.1, 0.15) is 0 Å². The van der Waals surface area contributed by atoms with Crippen molar-refractivity contribution in [3.63, 3.8) is 0 Å². The number of hydrogen-bond donors (Lipinski definition) is 0. The van der Waals surface area contributed by atoms with Crippen LogP contribution in [0.3, 0.4) is 0 Å². The van der Waals surface area contributed by atoms with Gasteiger partial charge in [0.2, 0.25) is 0 Å². The average molecular weight is 903 g/mol. The van der Waals surface area contributed by atoms with Crippen molar-refractivity contribution in [2.45, 2.75) is 35.9 Å². The van der Waals surface area contributed by atoms with Gasteiger partial charge in [-0.1, -0.05) is 0 Å². The van der Waals surface area contributed by atoms with Crippen LogP contribution in [-0.4, -0.2) is 13.3 Å². The van der Waals surface area contributed by atoms with Gasteiger partial charge in [0.05, 0.1) is 0 Å². The molecule has 48 heavy (non-hydrogen) atoms. The van der Waals surface area contributed by atoms with Gasteiger partial charge in [-0.15, -0.1) is 0 Å². The van der Waals surface area contributed by atoms with Crippen molar-refractivity contribution in [1.29, 1.82) is 0 Å². The maximum atomic E-state index is 9.03. The van der Waals surface area contributed by atoms with Crippen molar-refractivity contribution in [1.82, 2.24) is 0 Å². The van der Waals surface area contributed by atoms with Crippen LogP contribution in [0.5, 0.6) is 0 Å². The normalized spacial score (nSPS) is 25.2. The molecule has 4 atom stereocenters. The summed E-state index contributed by atoms with van der Waals surface area (Å²) in [6.07, 6.45) is 18.6. The molecule has 4 aromatic rings. The van der Waals surface area contributed by atoms with E-state index in [1.165, 1.54) is 44.5 Å². The van der Waals surface area contributed by atoms with Crippen molar-refractivity contribution in [3.8, 4) is 0 Å². The van der Waals surface area contributed by atoms with Crippen LogP contribution in [0.15, 0.2) is 121 Å². The minimum atomic E-state index is -5.64. The maximum absolute atomic E-state index is 9.03. The van der Waals surface area contributed by atoms with E-state index in [9.17, 15) is 0 Å². The van der Waals surface area contributed by atoms with Crippen LogP contribution in [0.1, 0.15) is 59.0 Å². The second-order valence-electron chi connectivity index (χ2n) is 15.6. The third-order valence-electron chi connectivity index (χ3n) is 13.9. The standard InChI is InChI=1S/4C9H7.C2H4.2CH5Si.4ClH.2Zr/c4*1-2-5-9-7-3-6-8(9)4-1;3*1-2;;;;;;/h4*1-7H;1-2H2;2*2H2,1H3;4*1H;;/q;;;;;;;;;;;2*+2/p-4. The third-order valence-corrected chi connectivity index (χ3v) is 127. The van der Waals surface area contributed by atoms with Crippen molar-refractivity contribution in [3.05, 3.63) is 166 Å². The quantitative estimate of drug-likeness (QED) is 0.147. The summed E-state index contributed by atoms with van der Waals surface area (Å²) < 4.78 is 1.32. The Hall–Kier alpha value is -0.800. The Labute approximate surface area is 297 Å². The molecule has 0 saturated heterocycles. The van der Waals surface area contributed by atoms with Crippen molar-refractivity contribution in [2.24, 2.45) is 0 Å². The molecule has 0 amide bonds. The molecule has 0 bridgehead atoms. The molecule has 4 aliphatic carbocycles. The Morgan fingerprint density at radius 2 is 0.646 bits per heavy atom. The van der Waals surface area contributed by atoms with E-state index in [1.54, 1.807) is 0 Å². The fourth-order valence-corrected chi connectivity index (χ4v) is 119. The van der Waals surface area contributed by atoms with E-state index >= 15 is 0 Å². The van der Waals surface area contributed by atoms with Crippen LogP contribution in [0.25, 0.3) is 24.3 Å². The molecular weight excluding hydrogens is 861 g/mol. The molecule has 0 nitrogen and oxygen atoms in total. The van der Waals surface area contributed by atoms with Gasteiger partial charge in [-0.05, 0) is 0 Å². The zero-order valence-corrected chi connectivity index (χ0v) is 38.3. The molecule has 8 heteroatoms. The van der Waals surface area contributed by atoms with Crippen LogP contribution in [0.4, 0.5) is 0 Å². The van der Waals surface area contributed by atoms with Gasteiger partial charge in [0, 0.05) is 0 Å². The number of benzene rings is 4. The first kappa shape index (κ1) is 34.3. The Kier molecular flexibility index (Phi) is 7.76. The fraction of sp³-hybridized carbons (Fsp3) is 0.200. The topological polar surface area (TPSA) is 0 Å². The van der Waals surface area contributed by atoms with Gasteiger partial charge in [-0.3, -0.25) is 0 Å². The average Bonchev–Trinajstić information content (AvgIpc) is 3.93. The summed E-state index contributed by atoms with van der Waals surface area (Å²) in [5.74, 6) is 0. The van der Waals surface area contributed by atoms with E-state index < -0.39 is 41.4 Å². The first-order valence-corrected chi connectivity index (χ1v) is 54.0. The number of halogens is 4. The van der Waals surface area contributed by atoms with Crippen molar-refractivity contribution in [2.75, 3.05) is 0 Å². The summed E-state index contributed by atoms with van der Waals surface area (Å²) >= 11 is -11.3. The van der Waals surface area contributed by atoms with Gasteiger partial charge < -0.3 is 0 Å². The zero-order valence-electron chi connectivity index (χ0n) is 27.5. The second kappa shape index (κ2) is 10.9. The molecule has 4 aromatic carbocycles. The molecule has 0 fully saturated rings. The molecule has 0 heterocycles. The molecule has 4 unspecified atom stereocenters. The van der Waals surface area contributed by atoms with E-state index in [0.717, 1.165) is 0 Å². The summed E-state index contributed by atoms with van der Waals surface area (Å²) in [4.78, 5) is 0. The molecule has 0 spiro atoms. The summed E-state index contributed by atoms with van der Waals surface area (Å²) in [6.45, 7) is 2.65. The predicted octanol–water partition coefficient (Wildman–Crippen LogP) is 12.2. The summed E-state index contributed by atoms with van der Waals surface area (Å²) in [6, 6.07) is 35.0. The predicted molar refractivity (Wildman–Crippen MR) is 215 cm³/mol. The van der Waals surface area contributed by atoms with Crippen LogP contribution >= 0.6 is 34.1 Å². The SMILES string of the molecule is C[SiH2][Zr]([Cl])([Cl])([CH2][CH2][Zr]([Cl])([Cl])([SiH2]C)([CH]1C=Cc2ccccc21)[CH]1C=Cc2ccccc21)([CH]1C=Cc2ccccc21)[CH]1C=Cc2ccccc21. The van der Waals surface area contributed by atoms with E-state index in [2.05, 4.69) is 159 Å². The van der Waals surface area contributed by atoms with Gasteiger partial charge in [0.15, 0.2) is 0 Å². The van der Waals surface area contributed by atoms with E-state index in [0.29, 0.717) is 8.26 Å². The molecule has 0 saturated carbocycles. The molecule has 0 aliphatic heterocycles. The Morgan fingerprint density at radius 1 is 0.417 bits per heavy atom. The molecule has 4 aliphatic rings. The molecule has 0 aromatic heterocycles. The molecule has 246 valence electrons. The van der Waals surface area contributed by atoms with Gasteiger partial charge >= 0.3 is 302 Å². The molecule has 0 radical (unpaired) electrons.